The molecule has 12 heteroatoms. The first-order valence-corrected chi connectivity index (χ1v) is 15.1. The lowest BCUT2D eigenvalue weighted by atomic mass is 10.0. The highest BCUT2D eigenvalue weighted by Crippen LogP contribution is 2.39. The van der Waals surface area contributed by atoms with E-state index in [-0.39, 0.29) is 12.3 Å². The lowest BCUT2D eigenvalue weighted by Crippen LogP contribution is -2.37. The minimum Gasteiger partial charge on any atom is -0.593 e. The zero-order valence-corrected chi connectivity index (χ0v) is 24.2. The smallest absolute Gasteiger partial charge is 0.238 e. The van der Waals surface area contributed by atoms with Gasteiger partial charge in [-0.3, -0.25) is 4.57 Å². The number of aromatic nitrogens is 4. The number of rotatable bonds is 9. The van der Waals surface area contributed by atoms with E-state index < -0.39 is 17.2 Å². The molecule has 1 fully saturated rings. The van der Waals surface area contributed by atoms with E-state index >= 15 is 4.39 Å². The maximum atomic E-state index is 15.8. The molecule has 10 nitrogen and oxygen atoms in total. The van der Waals surface area contributed by atoms with E-state index in [4.69, 9.17) is 19.4 Å². The van der Waals surface area contributed by atoms with Gasteiger partial charge in [-0.15, -0.1) is 0 Å². The molecule has 0 radical (unpaired) electrons. The molecule has 0 spiro atoms. The Morgan fingerprint density at radius 3 is 2.67 bits per heavy atom. The summed E-state index contributed by atoms with van der Waals surface area (Å²) < 4.78 is 44.1. The molecule has 3 aromatic carbocycles. The van der Waals surface area contributed by atoms with Crippen molar-refractivity contribution < 1.29 is 23.5 Å². The quantitative estimate of drug-likeness (QED) is 0.237. The van der Waals surface area contributed by atoms with Crippen molar-refractivity contribution in [3.05, 3.63) is 66.2 Å². The third-order valence-electron chi connectivity index (χ3n) is 7.16. The zero-order chi connectivity index (χ0) is 29.2. The Morgan fingerprint density at radius 1 is 1.10 bits per heavy atom. The van der Waals surface area contributed by atoms with E-state index in [1.165, 1.54) is 0 Å². The monoisotopic (exact) mass is 590 g/mol. The summed E-state index contributed by atoms with van der Waals surface area (Å²) in [5, 5.41) is 10.8. The lowest BCUT2D eigenvalue weighted by molar-refractivity contribution is 0.122. The maximum absolute atomic E-state index is 15.8. The van der Waals surface area contributed by atoms with Gasteiger partial charge in [0, 0.05) is 24.0 Å². The molecule has 218 valence electrons. The van der Waals surface area contributed by atoms with Crippen LogP contribution in [-0.2, 0) is 22.7 Å². The van der Waals surface area contributed by atoms with Crippen molar-refractivity contribution in [3.63, 3.8) is 0 Å². The second-order valence-electron chi connectivity index (χ2n) is 9.85. The predicted octanol–water partition coefficient (Wildman–Crippen LogP) is 4.60. The van der Waals surface area contributed by atoms with Gasteiger partial charge in [-0.25, -0.2) is 19.1 Å². The molecule has 0 amide bonds. The standard InChI is InChI=1S/C30H31FN6O4S/c1-3-15-42(39)35-23-9-6-7-20(27(23)31)19-16-21-28(25(17-19)40-2)33-30(34-29(21)36-11-13-41-14-12-36)37-24-10-5-4-8-22(24)32-26(37)18-38/h4-10,16-17,35,38H,3,11-15,18H2,1-2H3. The normalized spacial score (nSPS) is 14.5. The average Bonchev–Trinajstić information content (AvgIpc) is 3.40. The fraction of sp³-hybridized carbons (Fsp3) is 0.300. The Hall–Kier alpha value is -3.97. The van der Waals surface area contributed by atoms with Gasteiger partial charge in [0.25, 0.3) is 0 Å². The Morgan fingerprint density at radius 2 is 1.90 bits per heavy atom. The van der Waals surface area contributed by atoms with Crippen molar-refractivity contribution >= 4 is 44.8 Å². The number of anilines is 2. The molecule has 0 bridgehead atoms. The van der Waals surface area contributed by atoms with E-state index in [1.807, 2.05) is 37.3 Å². The number of fused-ring (bicyclic) bond motifs is 2. The van der Waals surface area contributed by atoms with Crippen LogP contribution in [0.1, 0.15) is 19.2 Å². The van der Waals surface area contributed by atoms with Crippen molar-refractivity contribution in [1.29, 1.82) is 0 Å². The van der Waals surface area contributed by atoms with Crippen molar-refractivity contribution in [2.75, 3.05) is 48.8 Å². The van der Waals surface area contributed by atoms with Gasteiger partial charge in [-0.2, -0.15) is 4.98 Å². The van der Waals surface area contributed by atoms with E-state index in [0.29, 0.717) is 89.4 Å². The van der Waals surface area contributed by atoms with Crippen LogP contribution in [0.5, 0.6) is 5.75 Å². The number of nitrogens with zero attached hydrogens (tertiary/aromatic N) is 5. The van der Waals surface area contributed by atoms with E-state index in [0.717, 1.165) is 5.52 Å². The highest BCUT2D eigenvalue weighted by atomic mass is 32.2. The number of aliphatic hydroxyl groups excluding tert-OH is 1. The minimum atomic E-state index is -1.39. The van der Waals surface area contributed by atoms with Crippen LogP contribution in [0.3, 0.4) is 0 Å². The number of para-hydroxylation sites is 2. The Bertz CT molecular complexity index is 1740. The summed E-state index contributed by atoms with van der Waals surface area (Å²) in [6, 6.07) is 16.1. The number of hydrogen-bond donors (Lipinski definition) is 2. The molecule has 1 atom stereocenters. The molecule has 1 saturated heterocycles. The molecular weight excluding hydrogens is 559 g/mol. The number of halogens is 1. The molecule has 3 heterocycles. The molecular formula is C30H31FN6O4S. The van der Waals surface area contributed by atoms with E-state index in [9.17, 15) is 9.66 Å². The van der Waals surface area contributed by atoms with Gasteiger partial charge < -0.3 is 24.0 Å². The van der Waals surface area contributed by atoms with Crippen LogP contribution in [0.2, 0.25) is 0 Å². The van der Waals surface area contributed by atoms with Crippen LogP contribution in [0, 0.1) is 5.82 Å². The number of imidazole rings is 1. The Labute approximate surface area is 245 Å². The Balaban J connectivity index is 1.57. The first kappa shape index (κ1) is 28.2. The fourth-order valence-electron chi connectivity index (χ4n) is 5.20. The maximum Gasteiger partial charge on any atom is 0.238 e. The number of benzene rings is 3. The van der Waals surface area contributed by atoms with Crippen LogP contribution in [0.4, 0.5) is 15.9 Å². The minimum absolute atomic E-state index is 0.168. The van der Waals surface area contributed by atoms with Crippen LogP contribution in [0.15, 0.2) is 54.6 Å². The fourth-order valence-corrected chi connectivity index (χ4v) is 6.07. The second-order valence-corrected chi connectivity index (χ2v) is 11.2. The predicted molar refractivity (Wildman–Crippen MR) is 162 cm³/mol. The van der Waals surface area contributed by atoms with Gasteiger partial charge in [0.2, 0.25) is 5.95 Å². The summed E-state index contributed by atoms with van der Waals surface area (Å²) in [4.78, 5) is 16.6. The summed E-state index contributed by atoms with van der Waals surface area (Å²) in [6.45, 7) is 3.90. The zero-order valence-electron chi connectivity index (χ0n) is 23.3. The molecule has 1 aliphatic rings. The average molecular weight is 591 g/mol. The van der Waals surface area contributed by atoms with Crippen LogP contribution in [0.25, 0.3) is 39.0 Å². The van der Waals surface area contributed by atoms with Gasteiger partial charge in [-0.1, -0.05) is 31.2 Å². The number of morpholine rings is 1. The largest absolute Gasteiger partial charge is 0.593 e. The van der Waals surface area contributed by atoms with Crippen molar-refractivity contribution in [2.24, 2.45) is 0 Å². The van der Waals surface area contributed by atoms with Crippen molar-refractivity contribution in [3.8, 4) is 22.8 Å². The molecule has 42 heavy (non-hydrogen) atoms. The van der Waals surface area contributed by atoms with Crippen LogP contribution >= 0.6 is 0 Å². The molecule has 0 aliphatic carbocycles. The summed E-state index contributed by atoms with van der Waals surface area (Å²) in [5.41, 5.74) is 3.07. The molecule has 0 saturated carbocycles. The van der Waals surface area contributed by atoms with Gasteiger partial charge >= 0.3 is 0 Å². The lowest BCUT2D eigenvalue weighted by Gasteiger charge is -2.29. The molecule has 2 N–H and O–H groups in total. The summed E-state index contributed by atoms with van der Waals surface area (Å²) in [6.07, 6.45) is 0.712. The van der Waals surface area contributed by atoms with Crippen LogP contribution in [-0.4, -0.2) is 68.3 Å². The van der Waals surface area contributed by atoms with Gasteiger partial charge in [0.05, 0.1) is 42.7 Å². The Kier molecular flexibility index (Phi) is 8.11. The SMILES string of the molecule is CCC[S+]([O-])Nc1cccc(-c2cc(OC)c3nc(-n4c(CO)nc5ccccc54)nc(N4CCOCC4)c3c2)c1F. The number of aliphatic hydroxyl groups is 1. The van der Waals surface area contributed by atoms with E-state index in [1.54, 1.807) is 35.9 Å². The highest BCUT2D eigenvalue weighted by Gasteiger charge is 2.24. The van der Waals surface area contributed by atoms with Crippen molar-refractivity contribution in [2.45, 2.75) is 20.0 Å². The van der Waals surface area contributed by atoms with Gasteiger partial charge in [-0.05, 0) is 42.3 Å². The number of methoxy groups -OCH3 is 1. The molecule has 1 aliphatic heterocycles. The molecule has 2 aromatic heterocycles. The highest BCUT2D eigenvalue weighted by molar-refractivity contribution is 7.92. The van der Waals surface area contributed by atoms with Gasteiger partial charge in [0.15, 0.2) is 5.82 Å². The first-order chi connectivity index (χ1) is 20.5. The van der Waals surface area contributed by atoms with Gasteiger partial charge in [0.1, 0.15) is 41.0 Å². The van der Waals surface area contributed by atoms with E-state index in [2.05, 4.69) is 14.6 Å². The third kappa shape index (κ3) is 5.22. The molecule has 5 aromatic rings. The van der Waals surface area contributed by atoms with Crippen molar-refractivity contribution in [1.82, 2.24) is 19.5 Å². The number of nitrogens with one attached hydrogen (secondary N) is 1. The van der Waals surface area contributed by atoms with Crippen LogP contribution < -0.4 is 14.4 Å². The topological polar surface area (TPSA) is 121 Å². The second kappa shape index (κ2) is 12.1. The third-order valence-corrected chi connectivity index (χ3v) is 8.39. The molecule has 1 unspecified atom stereocenters. The molecule has 6 rings (SSSR count). The summed E-state index contributed by atoms with van der Waals surface area (Å²) in [7, 11) is 1.54. The number of hydrogen-bond acceptors (Lipinski definition) is 9. The summed E-state index contributed by atoms with van der Waals surface area (Å²) >= 11 is -1.39. The first-order valence-electron chi connectivity index (χ1n) is 13.8. The number of ether oxygens (including phenoxy) is 2. The summed E-state index contributed by atoms with van der Waals surface area (Å²) in [5.74, 6) is 1.72.